The van der Waals surface area contributed by atoms with Crippen molar-refractivity contribution >= 4 is 43.5 Å². The number of halogens is 1. The SMILES string of the molecule is CC(C(=O)O)=C(C)C(=O)Nc1ccc(S(N)(=O)=O)cc1Br. The van der Waals surface area contributed by atoms with Crippen LogP contribution in [-0.4, -0.2) is 25.4 Å². The summed E-state index contributed by atoms with van der Waals surface area (Å²) < 4.78 is 22.7. The number of anilines is 1. The normalized spacial score (nSPS) is 12.6. The minimum atomic E-state index is -3.84. The Balaban J connectivity index is 3.08. The van der Waals surface area contributed by atoms with Gasteiger partial charge < -0.3 is 10.4 Å². The fourth-order valence-electron chi connectivity index (χ4n) is 1.32. The van der Waals surface area contributed by atoms with Crippen LogP contribution in [0.3, 0.4) is 0 Å². The molecule has 0 aromatic heterocycles. The van der Waals surface area contributed by atoms with Crippen molar-refractivity contribution in [1.82, 2.24) is 0 Å². The summed E-state index contributed by atoms with van der Waals surface area (Å²) in [5.41, 5.74) is 0.264. The average Bonchev–Trinajstić information content (AvgIpc) is 2.37. The number of carboxylic acid groups (broad SMARTS) is 1. The molecule has 1 aromatic carbocycles. The van der Waals surface area contributed by atoms with Gasteiger partial charge in [0, 0.05) is 15.6 Å². The minimum Gasteiger partial charge on any atom is -0.478 e. The van der Waals surface area contributed by atoms with Gasteiger partial charge in [0.25, 0.3) is 5.91 Å². The van der Waals surface area contributed by atoms with Gasteiger partial charge >= 0.3 is 5.97 Å². The number of rotatable bonds is 4. The topological polar surface area (TPSA) is 127 Å². The molecule has 1 rings (SSSR count). The summed E-state index contributed by atoms with van der Waals surface area (Å²) in [5, 5.41) is 16.3. The van der Waals surface area contributed by atoms with E-state index in [0.29, 0.717) is 10.2 Å². The number of sulfonamides is 1. The highest BCUT2D eigenvalue weighted by atomic mass is 79.9. The predicted octanol–water partition coefficient (Wildman–Crippen LogP) is 1.46. The first-order valence-corrected chi connectivity index (χ1v) is 7.92. The Morgan fingerprint density at radius 2 is 1.81 bits per heavy atom. The van der Waals surface area contributed by atoms with E-state index >= 15 is 0 Å². The summed E-state index contributed by atoms with van der Waals surface area (Å²) >= 11 is 3.12. The molecule has 21 heavy (non-hydrogen) atoms. The fourth-order valence-corrected chi connectivity index (χ4v) is 2.49. The molecule has 0 spiro atoms. The molecule has 1 aromatic rings. The summed E-state index contributed by atoms with van der Waals surface area (Å²) in [6.45, 7) is 2.70. The van der Waals surface area contributed by atoms with Crippen molar-refractivity contribution in [3.05, 3.63) is 33.8 Å². The van der Waals surface area contributed by atoms with E-state index in [9.17, 15) is 18.0 Å². The van der Waals surface area contributed by atoms with Crippen molar-refractivity contribution < 1.29 is 23.1 Å². The number of amides is 1. The van der Waals surface area contributed by atoms with Crippen LogP contribution in [0.2, 0.25) is 0 Å². The molecule has 0 aliphatic rings. The molecule has 0 aliphatic heterocycles. The lowest BCUT2D eigenvalue weighted by atomic mass is 10.1. The molecule has 0 saturated heterocycles. The molecule has 0 atom stereocenters. The van der Waals surface area contributed by atoms with E-state index in [1.54, 1.807) is 0 Å². The van der Waals surface area contributed by atoms with Crippen LogP contribution in [0.25, 0.3) is 0 Å². The molecule has 114 valence electrons. The van der Waals surface area contributed by atoms with Crippen LogP contribution < -0.4 is 10.5 Å². The second kappa shape index (κ2) is 6.37. The maximum absolute atomic E-state index is 11.9. The molecule has 0 unspecified atom stereocenters. The highest BCUT2D eigenvalue weighted by Crippen LogP contribution is 2.25. The Bertz CT molecular complexity index is 740. The van der Waals surface area contributed by atoms with Crippen LogP contribution in [0.4, 0.5) is 5.69 Å². The van der Waals surface area contributed by atoms with Crippen LogP contribution in [0.15, 0.2) is 38.7 Å². The smallest absolute Gasteiger partial charge is 0.331 e. The number of carbonyl (C=O) groups excluding carboxylic acids is 1. The monoisotopic (exact) mass is 376 g/mol. The Labute approximate surface area is 130 Å². The number of nitrogens with one attached hydrogen (secondary N) is 1. The average molecular weight is 377 g/mol. The number of nitrogens with two attached hydrogens (primary N) is 1. The predicted molar refractivity (Wildman–Crippen MR) is 80.2 cm³/mol. The highest BCUT2D eigenvalue weighted by Gasteiger charge is 2.15. The zero-order valence-corrected chi connectivity index (χ0v) is 13.6. The van der Waals surface area contributed by atoms with E-state index in [2.05, 4.69) is 21.2 Å². The van der Waals surface area contributed by atoms with Crippen molar-refractivity contribution in [1.29, 1.82) is 0 Å². The lowest BCUT2D eigenvalue weighted by Gasteiger charge is -2.10. The highest BCUT2D eigenvalue weighted by molar-refractivity contribution is 9.10. The van der Waals surface area contributed by atoms with Crippen LogP contribution in [0.1, 0.15) is 13.8 Å². The van der Waals surface area contributed by atoms with E-state index in [4.69, 9.17) is 10.2 Å². The van der Waals surface area contributed by atoms with Crippen LogP contribution >= 0.6 is 15.9 Å². The van der Waals surface area contributed by atoms with Gasteiger partial charge in [-0.1, -0.05) is 0 Å². The Kier molecular flexibility index (Phi) is 5.26. The summed E-state index contributed by atoms with van der Waals surface area (Å²) in [5.74, 6) is -1.79. The van der Waals surface area contributed by atoms with Gasteiger partial charge in [0.05, 0.1) is 10.6 Å². The molecule has 1 amide bonds. The van der Waals surface area contributed by atoms with E-state index < -0.39 is 21.9 Å². The maximum Gasteiger partial charge on any atom is 0.331 e. The number of benzene rings is 1. The lowest BCUT2D eigenvalue weighted by Crippen LogP contribution is -2.17. The summed E-state index contributed by atoms with van der Waals surface area (Å²) in [7, 11) is -3.84. The van der Waals surface area contributed by atoms with Crippen molar-refractivity contribution in [2.45, 2.75) is 18.7 Å². The summed E-state index contributed by atoms with van der Waals surface area (Å²) in [6, 6.07) is 3.83. The molecule has 0 aliphatic carbocycles. The van der Waals surface area contributed by atoms with Gasteiger partial charge in [-0.3, -0.25) is 4.79 Å². The fraction of sp³-hybridized carbons (Fsp3) is 0.167. The number of carbonyl (C=O) groups is 2. The zero-order chi connectivity index (χ0) is 16.4. The molecule has 0 fully saturated rings. The van der Waals surface area contributed by atoms with E-state index in [1.807, 2.05) is 0 Å². The largest absolute Gasteiger partial charge is 0.478 e. The van der Waals surface area contributed by atoms with Gasteiger partial charge in [0.1, 0.15) is 0 Å². The number of carboxylic acids is 1. The molecule has 9 heteroatoms. The molecule has 7 nitrogen and oxygen atoms in total. The van der Waals surface area contributed by atoms with Gasteiger partial charge in [-0.05, 0) is 48.0 Å². The Morgan fingerprint density at radius 1 is 1.24 bits per heavy atom. The molecule has 0 radical (unpaired) electrons. The zero-order valence-electron chi connectivity index (χ0n) is 11.2. The minimum absolute atomic E-state index is 0.0462. The van der Waals surface area contributed by atoms with Gasteiger partial charge in [-0.15, -0.1) is 0 Å². The van der Waals surface area contributed by atoms with Crippen molar-refractivity contribution in [3.8, 4) is 0 Å². The second-order valence-electron chi connectivity index (χ2n) is 4.20. The third kappa shape index (κ3) is 4.38. The van der Waals surface area contributed by atoms with Gasteiger partial charge in [0.2, 0.25) is 10.0 Å². The van der Waals surface area contributed by atoms with Crippen LogP contribution in [0, 0.1) is 0 Å². The summed E-state index contributed by atoms with van der Waals surface area (Å²) in [6.07, 6.45) is 0. The molecule has 0 heterocycles. The number of primary sulfonamides is 1. The summed E-state index contributed by atoms with van der Waals surface area (Å²) in [4.78, 5) is 22.6. The van der Waals surface area contributed by atoms with Crippen LogP contribution in [-0.2, 0) is 19.6 Å². The number of hydrogen-bond donors (Lipinski definition) is 3. The third-order valence-corrected chi connectivity index (χ3v) is 4.31. The molecular formula is C12H13BrN2O5S. The first-order valence-electron chi connectivity index (χ1n) is 5.58. The molecule has 4 N–H and O–H groups in total. The second-order valence-corrected chi connectivity index (χ2v) is 6.61. The van der Waals surface area contributed by atoms with Gasteiger partial charge in [0.15, 0.2) is 0 Å². The molecule has 0 saturated carbocycles. The first-order chi connectivity index (χ1) is 9.54. The standard InChI is InChI=1S/C12H13BrN2O5S/c1-6(7(2)12(17)18)11(16)15-10-4-3-8(5-9(10)13)21(14,19)20/h3-5H,1-2H3,(H,15,16)(H,17,18)(H2,14,19,20). The quantitative estimate of drug-likeness (QED) is 0.685. The first kappa shape index (κ1) is 17.3. The number of hydrogen-bond acceptors (Lipinski definition) is 4. The molecular weight excluding hydrogens is 364 g/mol. The number of aliphatic carboxylic acids is 1. The van der Waals surface area contributed by atoms with Crippen molar-refractivity contribution in [3.63, 3.8) is 0 Å². The Hall–Kier alpha value is -1.71. The van der Waals surface area contributed by atoms with Crippen molar-refractivity contribution in [2.24, 2.45) is 5.14 Å². The van der Waals surface area contributed by atoms with E-state index in [0.717, 1.165) is 0 Å². The third-order valence-electron chi connectivity index (χ3n) is 2.74. The van der Waals surface area contributed by atoms with Gasteiger partial charge in [-0.25, -0.2) is 18.4 Å². The van der Waals surface area contributed by atoms with E-state index in [1.165, 1.54) is 32.0 Å². The molecule has 0 bridgehead atoms. The lowest BCUT2D eigenvalue weighted by molar-refractivity contribution is -0.133. The maximum atomic E-state index is 11.9. The Morgan fingerprint density at radius 3 is 2.24 bits per heavy atom. The van der Waals surface area contributed by atoms with E-state index in [-0.39, 0.29) is 16.0 Å². The van der Waals surface area contributed by atoms with Crippen LogP contribution in [0.5, 0.6) is 0 Å². The van der Waals surface area contributed by atoms with Crippen molar-refractivity contribution in [2.75, 3.05) is 5.32 Å². The van der Waals surface area contributed by atoms with Gasteiger partial charge in [-0.2, -0.15) is 0 Å².